The molecular weight excluding hydrogens is 250 g/mol. The number of imidazole rings is 1. The lowest BCUT2D eigenvalue weighted by atomic mass is 10.2. The predicted octanol–water partition coefficient (Wildman–Crippen LogP) is 1.77. The third kappa shape index (κ3) is 2.80. The van der Waals surface area contributed by atoms with Gasteiger partial charge in [-0.1, -0.05) is 23.9 Å². The Morgan fingerprint density at radius 3 is 3.06 bits per heavy atom. The Hall–Kier alpha value is -1.60. The molecule has 0 amide bonds. The van der Waals surface area contributed by atoms with Crippen molar-refractivity contribution in [2.24, 2.45) is 0 Å². The second-order valence-corrected chi connectivity index (χ2v) is 4.75. The van der Waals surface area contributed by atoms with Crippen molar-refractivity contribution < 1.29 is 5.11 Å². The minimum Gasteiger partial charge on any atom is -0.373 e. The first-order valence-electron chi connectivity index (χ1n) is 5.44. The number of H-pyrrole nitrogens is 1. The van der Waals surface area contributed by atoms with E-state index in [1.807, 2.05) is 13.2 Å². The fourth-order valence-corrected chi connectivity index (χ4v) is 1.91. The number of aromatic nitrogens is 4. The van der Waals surface area contributed by atoms with Crippen molar-refractivity contribution in [3.8, 4) is 0 Å². The number of hydrogen-bond donors (Lipinski definition) is 3. The highest BCUT2D eigenvalue weighted by molar-refractivity contribution is 7.98. The molecule has 0 aliphatic carbocycles. The van der Waals surface area contributed by atoms with E-state index in [1.165, 1.54) is 11.8 Å². The number of aromatic amines is 1. The third-order valence-electron chi connectivity index (χ3n) is 2.29. The van der Waals surface area contributed by atoms with Crippen LogP contribution in [0.2, 0.25) is 0 Å². The van der Waals surface area contributed by atoms with Crippen molar-refractivity contribution in [3.63, 3.8) is 0 Å². The van der Waals surface area contributed by atoms with Gasteiger partial charge in [-0.2, -0.15) is 0 Å². The van der Waals surface area contributed by atoms with Crippen LogP contribution in [0.1, 0.15) is 13.3 Å². The van der Waals surface area contributed by atoms with Crippen molar-refractivity contribution in [1.29, 1.82) is 0 Å². The lowest BCUT2D eigenvalue weighted by molar-refractivity contribution is 0.203. The van der Waals surface area contributed by atoms with Gasteiger partial charge in [-0.05, 0) is 13.2 Å². The molecule has 0 radical (unpaired) electrons. The molecule has 1 unspecified atom stereocenters. The molecule has 1 atom stereocenters. The quantitative estimate of drug-likeness (QED) is 0.330. The van der Waals surface area contributed by atoms with E-state index in [0.717, 1.165) is 5.57 Å². The summed E-state index contributed by atoms with van der Waals surface area (Å²) in [5.74, 6) is 0.551. The van der Waals surface area contributed by atoms with E-state index < -0.39 is 6.23 Å². The summed E-state index contributed by atoms with van der Waals surface area (Å²) in [5, 5.41) is 13.4. The zero-order valence-corrected chi connectivity index (χ0v) is 11.1. The number of thioether (sulfide) groups is 1. The van der Waals surface area contributed by atoms with Gasteiger partial charge in [0.2, 0.25) is 0 Å². The Morgan fingerprint density at radius 1 is 1.61 bits per heavy atom. The summed E-state index contributed by atoms with van der Waals surface area (Å²) >= 11 is 1.43. The van der Waals surface area contributed by atoms with Gasteiger partial charge in [0.05, 0.1) is 6.33 Å². The van der Waals surface area contributed by atoms with Gasteiger partial charge < -0.3 is 15.4 Å². The summed E-state index contributed by atoms with van der Waals surface area (Å²) < 4.78 is 0. The highest BCUT2D eigenvalue weighted by Gasteiger charge is 2.12. The van der Waals surface area contributed by atoms with Gasteiger partial charge in [-0.3, -0.25) is 0 Å². The van der Waals surface area contributed by atoms with Crippen molar-refractivity contribution in [2.45, 2.75) is 24.7 Å². The molecule has 0 spiro atoms. The van der Waals surface area contributed by atoms with Crippen molar-refractivity contribution in [2.75, 3.05) is 11.6 Å². The fraction of sp³-hybridized carbons (Fsp3) is 0.364. The summed E-state index contributed by atoms with van der Waals surface area (Å²) in [4.78, 5) is 15.6. The van der Waals surface area contributed by atoms with Crippen LogP contribution in [-0.2, 0) is 0 Å². The van der Waals surface area contributed by atoms with Gasteiger partial charge in [0.1, 0.15) is 11.7 Å². The summed E-state index contributed by atoms with van der Waals surface area (Å²) in [6.07, 6.45) is 3.19. The predicted molar refractivity (Wildman–Crippen MR) is 72.5 cm³/mol. The zero-order valence-electron chi connectivity index (χ0n) is 10.3. The minimum atomic E-state index is -0.724. The van der Waals surface area contributed by atoms with E-state index in [-0.39, 0.29) is 0 Å². The minimum absolute atomic E-state index is 0.467. The molecule has 0 aliphatic rings. The van der Waals surface area contributed by atoms with E-state index >= 15 is 0 Å². The number of rotatable bonds is 5. The molecular formula is C11H15N5OS. The molecule has 0 bridgehead atoms. The molecule has 0 aliphatic heterocycles. The number of aliphatic hydroxyl groups excluding tert-OH is 1. The van der Waals surface area contributed by atoms with Gasteiger partial charge in [-0.15, -0.1) is 0 Å². The number of anilines is 1. The Labute approximate surface area is 109 Å². The van der Waals surface area contributed by atoms with Crippen molar-refractivity contribution >= 4 is 28.7 Å². The molecule has 0 aromatic carbocycles. The van der Waals surface area contributed by atoms with Gasteiger partial charge >= 0.3 is 0 Å². The monoisotopic (exact) mass is 265 g/mol. The second kappa shape index (κ2) is 5.36. The van der Waals surface area contributed by atoms with Crippen LogP contribution < -0.4 is 5.32 Å². The number of nitrogens with one attached hydrogen (secondary N) is 2. The van der Waals surface area contributed by atoms with Crippen molar-refractivity contribution in [3.05, 3.63) is 18.5 Å². The molecule has 2 aromatic heterocycles. The molecule has 0 saturated heterocycles. The Balaban J connectivity index is 2.30. The maximum atomic E-state index is 9.86. The average Bonchev–Trinajstić information content (AvgIpc) is 2.75. The summed E-state index contributed by atoms with van der Waals surface area (Å²) in [7, 11) is 0. The maximum Gasteiger partial charge on any atom is 0.191 e. The summed E-state index contributed by atoms with van der Waals surface area (Å²) in [6, 6.07) is 0. The molecule has 96 valence electrons. The van der Waals surface area contributed by atoms with Crippen LogP contribution >= 0.6 is 11.8 Å². The number of aliphatic hydroxyl groups is 1. The lowest BCUT2D eigenvalue weighted by Crippen LogP contribution is -2.20. The van der Waals surface area contributed by atoms with Crippen LogP contribution in [0.15, 0.2) is 23.6 Å². The lowest BCUT2D eigenvalue weighted by Gasteiger charge is -2.14. The van der Waals surface area contributed by atoms with E-state index in [4.69, 9.17) is 0 Å². The molecule has 7 heteroatoms. The largest absolute Gasteiger partial charge is 0.373 e. The van der Waals surface area contributed by atoms with Gasteiger partial charge in [0, 0.05) is 6.42 Å². The van der Waals surface area contributed by atoms with Crippen LogP contribution in [0.5, 0.6) is 0 Å². The highest BCUT2D eigenvalue weighted by Crippen LogP contribution is 2.21. The van der Waals surface area contributed by atoms with Crippen LogP contribution in [0.25, 0.3) is 11.2 Å². The molecule has 2 aromatic rings. The van der Waals surface area contributed by atoms with Gasteiger partial charge in [-0.25, -0.2) is 15.0 Å². The first kappa shape index (κ1) is 12.8. The van der Waals surface area contributed by atoms with Crippen LogP contribution in [0.4, 0.5) is 5.82 Å². The van der Waals surface area contributed by atoms with E-state index in [1.54, 1.807) is 6.33 Å². The summed E-state index contributed by atoms with van der Waals surface area (Å²) in [5.41, 5.74) is 2.17. The highest BCUT2D eigenvalue weighted by atomic mass is 32.2. The molecule has 2 rings (SSSR count). The normalized spacial score (nSPS) is 12.6. The van der Waals surface area contributed by atoms with Crippen LogP contribution in [0, 0.1) is 0 Å². The molecule has 6 nitrogen and oxygen atoms in total. The smallest absolute Gasteiger partial charge is 0.191 e. The van der Waals surface area contributed by atoms with E-state index in [9.17, 15) is 5.11 Å². The molecule has 18 heavy (non-hydrogen) atoms. The molecule has 2 heterocycles. The first-order valence-corrected chi connectivity index (χ1v) is 6.66. The average molecular weight is 265 g/mol. The van der Waals surface area contributed by atoms with E-state index in [2.05, 4.69) is 31.8 Å². The van der Waals surface area contributed by atoms with Gasteiger partial charge in [0.15, 0.2) is 16.6 Å². The number of fused-ring (bicyclic) bond motifs is 1. The summed E-state index contributed by atoms with van der Waals surface area (Å²) in [6.45, 7) is 5.63. The van der Waals surface area contributed by atoms with Crippen LogP contribution in [-0.4, -0.2) is 37.5 Å². The first-order chi connectivity index (χ1) is 8.60. The maximum absolute atomic E-state index is 9.86. The number of nitrogens with zero attached hydrogens (tertiary/aromatic N) is 3. The van der Waals surface area contributed by atoms with E-state index in [0.29, 0.717) is 28.6 Å². The number of hydrogen-bond acceptors (Lipinski definition) is 6. The molecule has 3 N–H and O–H groups in total. The SMILES string of the molecule is C=C(C)CC(O)Nc1nc(SC)nc2nc[nH]c12. The Bertz CT molecular complexity index is 568. The Kier molecular flexibility index (Phi) is 3.83. The van der Waals surface area contributed by atoms with Crippen molar-refractivity contribution in [1.82, 2.24) is 19.9 Å². The molecule has 0 fully saturated rings. The standard InChI is InChI=1S/C11H15N5OS/c1-6(2)4-7(17)14-10-8-9(13-5-12-8)15-11(16-10)18-3/h5,7,17H,1,4H2,2-3H3,(H2,12,13,14,15,16). The zero-order chi connectivity index (χ0) is 13.1. The fourth-order valence-electron chi connectivity index (χ4n) is 1.55. The molecule has 0 saturated carbocycles. The third-order valence-corrected chi connectivity index (χ3v) is 2.84. The van der Waals surface area contributed by atoms with Gasteiger partial charge in [0.25, 0.3) is 0 Å². The second-order valence-electron chi connectivity index (χ2n) is 3.98. The van der Waals surface area contributed by atoms with Crippen LogP contribution in [0.3, 0.4) is 0 Å². The topological polar surface area (TPSA) is 86.7 Å². The Morgan fingerprint density at radius 2 is 2.39 bits per heavy atom.